The van der Waals surface area contributed by atoms with Gasteiger partial charge in [-0.3, -0.25) is 4.79 Å². The van der Waals surface area contributed by atoms with E-state index in [2.05, 4.69) is 5.16 Å². The quantitative estimate of drug-likeness (QED) is 0.641. The Hall–Kier alpha value is -2.04. The molecule has 1 aromatic carbocycles. The lowest BCUT2D eigenvalue weighted by Gasteiger charge is -2.19. The minimum absolute atomic E-state index is 0.476. The zero-order valence-corrected chi connectivity index (χ0v) is 10.9. The minimum Gasteiger partial charge on any atom is -0.481 e. The number of carbonyl (C=O) groups is 1. The highest BCUT2D eigenvalue weighted by Gasteiger charge is 2.19. The van der Waals surface area contributed by atoms with Gasteiger partial charge in [0.25, 0.3) is 5.91 Å². The van der Waals surface area contributed by atoms with Crippen molar-refractivity contribution in [3.05, 3.63) is 29.3 Å². The predicted molar refractivity (Wildman–Crippen MR) is 71.6 cm³/mol. The highest BCUT2D eigenvalue weighted by molar-refractivity contribution is 6.02. The number of rotatable bonds is 4. The summed E-state index contributed by atoms with van der Waals surface area (Å²) >= 11 is 0. The number of oxime groups is 1. The smallest absolute Gasteiger partial charge is 0.258 e. The summed E-state index contributed by atoms with van der Waals surface area (Å²) in [6.07, 6.45) is 2.58. The molecule has 1 unspecified atom stereocenters. The summed E-state index contributed by atoms with van der Waals surface area (Å²) in [5.41, 5.74) is 7.96. The Bertz CT molecular complexity index is 511. The minimum atomic E-state index is -0.629. The molecule has 0 radical (unpaired) electrons. The lowest BCUT2D eigenvalue weighted by atomic mass is 9.90. The molecule has 0 saturated heterocycles. The van der Waals surface area contributed by atoms with Crippen LogP contribution in [0, 0.1) is 0 Å². The van der Waals surface area contributed by atoms with E-state index in [1.165, 1.54) is 0 Å². The molecule has 5 nitrogen and oxygen atoms in total. The van der Waals surface area contributed by atoms with Gasteiger partial charge in [-0.25, -0.2) is 0 Å². The van der Waals surface area contributed by atoms with Crippen LogP contribution >= 0.6 is 0 Å². The average molecular weight is 262 g/mol. The van der Waals surface area contributed by atoms with Crippen molar-refractivity contribution >= 4 is 11.6 Å². The molecule has 0 aliphatic heterocycles. The maximum Gasteiger partial charge on any atom is 0.258 e. The molecule has 1 aromatic rings. The first-order valence-electron chi connectivity index (χ1n) is 6.46. The molecule has 1 aliphatic rings. The third-order valence-electron chi connectivity index (χ3n) is 3.34. The molecule has 19 heavy (non-hydrogen) atoms. The first-order chi connectivity index (χ1) is 9.15. The van der Waals surface area contributed by atoms with Crippen LogP contribution in [0.4, 0.5) is 0 Å². The van der Waals surface area contributed by atoms with Gasteiger partial charge < -0.3 is 15.7 Å². The normalized spacial score (nSPS) is 17.8. The molecule has 0 aromatic heterocycles. The summed E-state index contributed by atoms with van der Waals surface area (Å²) < 4.78 is 5.57. The molecule has 0 heterocycles. The van der Waals surface area contributed by atoms with Crippen molar-refractivity contribution in [2.75, 3.05) is 0 Å². The Morgan fingerprint density at radius 3 is 2.95 bits per heavy atom. The van der Waals surface area contributed by atoms with Gasteiger partial charge in [0, 0.05) is 5.56 Å². The summed E-state index contributed by atoms with van der Waals surface area (Å²) in [6, 6.07) is 5.59. The fourth-order valence-corrected chi connectivity index (χ4v) is 2.31. The number of amides is 1. The SMILES string of the molecule is CCC(Oc1ccc2c(c1)/C(=N\O)CCC2)C(N)=O. The Morgan fingerprint density at radius 1 is 1.53 bits per heavy atom. The fraction of sp³-hybridized carbons (Fsp3) is 0.429. The first-order valence-corrected chi connectivity index (χ1v) is 6.46. The molecule has 1 atom stereocenters. The van der Waals surface area contributed by atoms with Crippen LogP contribution in [0.2, 0.25) is 0 Å². The molecular formula is C14H18N2O3. The van der Waals surface area contributed by atoms with Crippen LogP contribution < -0.4 is 10.5 Å². The van der Waals surface area contributed by atoms with E-state index >= 15 is 0 Å². The van der Waals surface area contributed by atoms with Crippen LogP contribution in [0.5, 0.6) is 5.75 Å². The van der Waals surface area contributed by atoms with Crippen LogP contribution in [-0.4, -0.2) is 22.9 Å². The van der Waals surface area contributed by atoms with Crippen LogP contribution in [0.15, 0.2) is 23.4 Å². The lowest BCUT2D eigenvalue weighted by Crippen LogP contribution is -2.33. The molecule has 5 heteroatoms. The number of aryl methyl sites for hydroxylation is 1. The topological polar surface area (TPSA) is 84.9 Å². The van der Waals surface area contributed by atoms with Gasteiger partial charge in [-0.2, -0.15) is 0 Å². The molecule has 102 valence electrons. The van der Waals surface area contributed by atoms with E-state index in [1.807, 2.05) is 25.1 Å². The van der Waals surface area contributed by atoms with Gasteiger partial charge >= 0.3 is 0 Å². The molecule has 3 N–H and O–H groups in total. The second-order valence-corrected chi connectivity index (χ2v) is 4.64. The van der Waals surface area contributed by atoms with E-state index in [9.17, 15) is 4.79 Å². The van der Waals surface area contributed by atoms with Crippen LogP contribution in [0.3, 0.4) is 0 Å². The third kappa shape index (κ3) is 2.86. The van der Waals surface area contributed by atoms with Gasteiger partial charge in [-0.15, -0.1) is 0 Å². The molecule has 0 saturated carbocycles. The number of primary amides is 1. The standard InChI is InChI=1S/C14H18N2O3/c1-2-13(14(15)17)19-10-7-6-9-4-3-5-12(16-18)11(9)8-10/h6-8,13,18H,2-5H2,1H3,(H2,15,17)/b16-12-. The van der Waals surface area contributed by atoms with E-state index in [4.69, 9.17) is 15.7 Å². The van der Waals surface area contributed by atoms with E-state index in [-0.39, 0.29) is 0 Å². The fourth-order valence-electron chi connectivity index (χ4n) is 2.31. The monoisotopic (exact) mass is 262 g/mol. The highest BCUT2D eigenvalue weighted by Crippen LogP contribution is 2.26. The highest BCUT2D eigenvalue weighted by atomic mass is 16.5. The summed E-state index contributed by atoms with van der Waals surface area (Å²) in [5, 5.41) is 12.4. The molecular weight excluding hydrogens is 244 g/mol. The number of hydrogen-bond acceptors (Lipinski definition) is 4. The first kappa shape index (κ1) is 13.4. The van der Waals surface area contributed by atoms with Gasteiger partial charge in [0.15, 0.2) is 6.10 Å². The summed E-state index contributed by atoms with van der Waals surface area (Å²) in [7, 11) is 0. The molecule has 0 fully saturated rings. The van der Waals surface area contributed by atoms with E-state index in [0.29, 0.717) is 17.9 Å². The zero-order chi connectivity index (χ0) is 13.8. The number of benzene rings is 1. The van der Waals surface area contributed by atoms with Gasteiger partial charge in [-0.1, -0.05) is 18.1 Å². The van der Waals surface area contributed by atoms with Crippen molar-refractivity contribution in [1.82, 2.24) is 0 Å². The van der Waals surface area contributed by atoms with Crippen molar-refractivity contribution in [3.8, 4) is 5.75 Å². The van der Waals surface area contributed by atoms with Gasteiger partial charge in [0.05, 0.1) is 5.71 Å². The maximum absolute atomic E-state index is 11.2. The summed E-state index contributed by atoms with van der Waals surface area (Å²) in [4.78, 5) is 11.2. The largest absolute Gasteiger partial charge is 0.481 e. The molecule has 0 spiro atoms. The number of carbonyl (C=O) groups excluding carboxylic acids is 1. The summed E-state index contributed by atoms with van der Waals surface area (Å²) in [6.45, 7) is 1.84. The van der Waals surface area contributed by atoms with Crippen LogP contribution in [-0.2, 0) is 11.2 Å². The van der Waals surface area contributed by atoms with Crippen LogP contribution in [0.25, 0.3) is 0 Å². The van der Waals surface area contributed by atoms with Crippen molar-refractivity contribution < 1.29 is 14.7 Å². The van der Waals surface area contributed by atoms with Gasteiger partial charge in [0.1, 0.15) is 5.75 Å². The third-order valence-corrected chi connectivity index (χ3v) is 3.34. The number of nitrogens with zero attached hydrogens (tertiary/aromatic N) is 1. The van der Waals surface area contributed by atoms with Crippen LogP contribution in [0.1, 0.15) is 37.3 Å². The van der Waals surface area contributed by atoms with Crippen molar-refractivity contribution in [3.63, 3.8) is 0 Å². The van der Waals surface area contributed by atoms with Gasteiger partial charge in [0.2, 0.25) is 0 Å². The van der Waals surface area contributed by atoms with Crippen molar-refractivity contribution in [1.29, 1.82) is 0 Å². The lowest BCUT2D eigenvalue weighted by molar-refractivity contribution is -0.124. The summed E-state index contributed by atoms with van der Waals surface area (Å²) in [5.74, 6) is 0.101. The average Bonchev–Trinajstić information content (AvgIpc) is 2.43. The number of fused-ring (bicyclic) bond motifs is 1. The Morgan fingerprint density at radius 2 is 2.32 bits per heavy atom. The van der Waals surface area contributed by atoms with Crippen molar-refractivity contribution in [2.24, 2.45) is 10.9 Å². The predicted octanol–water partition coefficient (Wildman–Crippen LogP) is 1.84. The maximum atomic E-state index is 11.2. The second-order valence-electron chi connectivity index (χ2n) is 4.64. The zero-order valence-electron chi connectivity index (χ0n) is 10.9. The molecule has 1 amide bonds. The molecule has 2 rings (SSSR count). The molecule has 0 bridgehead atoms. The number of ether oxygens (including phenoxy) is 1. The Balaban J connectivity index is 2.27. The Kier molecular flexibility index (Phi) is 4.04. The van der Waals surface area contributed by atoms with Crippen molar-refractivity contribution in [2.45, 2.75) is 38.7 Å². The van der Waals surface area contributed by atoms with Gasteiger partial charge in [-0.05, 0) is 43.4 Å². The van der Waals surface area contributed by atoms with E-state index in [1.54, 1.807) is 0 Å². The Labute approximate surface area is 112 Å². The second kappa shape index (κ2) is 5.73. The van der Waals surface area contributed by atoms with E-state index in [0.717, 1.165) is 30.4 Å². The number of nitrogens with two attached hydrogens (primary N) is 1. The number of hydrogen-bond donors (Lipinski definition) is 2. The van der Waals surface area contributed by atoms with E-state index < -0.39 is 12.0 Å². The molecule has 1 aliphatic carbocycles.